The second-order valence-corrected chi connectivity index (χ2v) is 6.49. The maximum absolute atomic E-state index is 12.3. The van der Waals surface area contributed by atoms with Gasteiger partial charge in [0.25, 0.3) is 0 Å². The van der Waals surface area contributed by atoms with Gasteiger partial charge in [0.15, 0.2) is 0 Å². The van der Waals surface area contributed by atoms with E-state index >= 15 is 0 Å². The normalized spacial score (nSPS) is 31.3. The monoisotopic (exact) mass is 281 g/mol. The van der Waals surface area contributed by atoms with Crippen molar-refractivity contribution in [1.82, 2.24) is 4.90 Å². The number of carbonyl (C=O) groups is 1. The summed E-state index contributed by atoms with van der Waals surface area (Å²) in [6.45, 7) is 2.60. The molecule has 0 aromatic carbocycles. The van der Waals surface area contributed by atoms with Gasteiger partial charge in [-0.3, -0.25) is 4.79 Å². The highest BCUT2D eigenvalue weighted by Crippen LogP contribution is 2.35. The molecule has 1 aliphatic carbocycles. The molecule has 2 atom stereocenters. The highest BCUT2D eigenvalue weighted by Gasteiger charge is 2.35. The summed E-state index contributed by atoms with van der Waals surface area (Å²) in [5.41, 5.74) is 0. The number of hydrogen-bond donors (Lipinski definition) is 0. The summed E-state index contributed by atoms with van der Waals surface area (Å²) in [6, 6.07) is 0.497. The first kappa shape index (κ1) is 14.3. The van der Waals surface area contributed by atoms with Crippen LogP contribution in [0.5, 0.6) is 0 Å². The van der Waals surface area contributed by atoms with Crippen molar-refractivity contribution in [3.05, 3.63) is 0 Å². The van der Waals surface area contributed by atoms with Gasteiger partial charge in [-0.2, -0.15) is 0 Å². The molecule has 114 valence electrons. The molecule has 2 saturated heterocycles. The van der Waals surface area contributed by atoms with E-state index in [9.17, 15) is 4.79 Å². The third kappa shape index (κ3) is 3.34. The molecule has 1 amide bonds. The van der Waals surface area contributed by atoms with Crippen LogP contribution >= 0.6 is 0 Å². The molecule has 4 heteroatoms. The third-order valence-electron chi connectivity index (χ3n) is 5.12. The summed E-state index contributed by atoms with van der Waals surface area (Å²) in [7, 11) is 0. The Morgan fingerprint density at radius 2 is 1.95 bits per heavy atom. The van der Waals surface area contributed by atoms with Crippen LogP contribution in [0.15, 0.2) is 0 Å². The summed E-state index contributed by atoms with van der Waals surface area (Å²) < 4.78 is 11.1. The summed E-state index contributed by atoms with van der Waals surface area (Å²) in [5, 5.41) is 0. The zero-order valence-corrected chi connectivity index (χ0v) is 12.4. The van der Waals surface area contributed by atoms with Gasteiger partial charge >= 0.3 is 0 Å². The highest BCUT2D eigenvalue weighted by molar-refractivity contribution is 5.78. The minimum atomic E-state index is 0.192. The minimum Gasteiger partial charge on any atom is -0.376 e. The van der Waals surface area contributed by atoms with E-state index in [-0.39, 0.29) is 18.6 Å². The number of hydrogen-bond acceptors (Lipinski definition) is 3. The Kier molecular flexibility index (Phi) is 4.94. The molecule has 1 saturated carbocycles. The average molecular weight is 281 g/mol. The van der Waals surface area contributed by atoms with Gasteiger partial charge in [-0.25, -0.2) is 0 Å². The summed E-state index contributed by atoms with van der Waals surface area (Å²) in [5.74, 6) is 0.942. The van der Waals surface area contributed by atoms with E-state index in [1.165, 1.54) is 38.5 Å². The molecule has 0 unspecified atom stereocenters. The fourth-order valence-electron chi connectivity index (χ4n) is 4.07. The first-order valence-electron chi connectivity index (χ1n) is 8.33. The number of amides is 1. The lowest BCUT2D eigenvalue weighted by atomic mass is 9.96. The predicted octanol–water partition coefficient (Wildman–Crippen LogP) is 2.36. The topological polar surface area (TPSA) is 38.8 Å². The fourth-order valence-corrected chi connectivity index (χ4v) is 4.07. The van der Waals surface area contributed by atoms with Crippen LogP contribution in [0.3, 0.4) is 0 Å². The Morgan fingerprint density at radius 1 is 1.10 bits per heavy atom. The molecule has 0 bridgehead atoms. The van der Waals surface area contributed by atoms with Gasteiger partial charge in [-0.05, 0) is 44.4 Å². The van der Waals surface area contributed by atoms with E-state index in [1.54, 1.807) is 0 Å². The van der Waals surface area contributed by atoms with Gasteiger partial charge in [0.05, 0.1) is 12.7 Å². The third-order valence-corrected chi connectivity index (χ3v) is 5.12. The predicted molar refractivity (Wildman–Crippen MR) is 76.5 cm³/mol. The first-order valence-corrected chi connectivity index (χ1v) is 8.33. The van der Waals surface area contributed by atoms with Crippen LogP contribution in [-0.2, 0) is 14.3 Å². The molecule has 2 heterocycles. The van der Waals surface area contributed by atoms with Crippen LogP contribution in [-0.4, -0.2) is 49.3 Å². The van der Waals surface area contributed by atoms with Crippen LogP contribution in [0, 0.1) is 5.92 Å². The molecule has 20 heavy (non-hydrogen) atoms. The molecule has 0 radical (unpaired) electrons. The summed E-state index contributed by atoms with van der Waals surface area (Å²) in [6.07, 6.45) is 10.1. The molecule has 2 aliphatic heterocycles. The van der Waals surface area contributed by atoms with E-state index in [4.69, 9.17) is 9.47 Å². The Morgan fingerprint density at radius 3 is 2.70 bits per heavy atom. The number of carbonyl (C=O) groups excluding carboxylic acids is 1. The zero-order chi connectivity index (χ0) is 13.8. The average Bonchev–Trinajstić information content (AvgIpc) is 3.19. The standard InChI is InChI=1S/C16H27NO3/c18-16(12-19-11-14-7-4-10-20-14)17-9-3-8-15(17)13-5-1-2-6-13/h13-15H,1-12H2/t14-,15+/m1/s1. The number of nitrogens with zero attached hydrogens (tertiary/aromatic N) is 1. The molecule has 3 rings (SSSR count). The largest absolute Gasteiger partial charge is 0.376 e. The molecule has 0 aromatic heterocycles. The van der Waals surface area contributed by atoms with E-state index in [1.807, 2.05) is 0 Å². The van der Waals surface area contributed by atoms with Crippen molar-refractivity contribution in [2.24, 2.45) is 5.92 Å². The van der Waals surface area contributed by atoms with Gasteiger partial charge in [0, 0.05) is 19.2 Å². The molecule has 0 spiro atoms. The SMILES string of the molecule is O=C(COC[C@H]1CCCO1)N1CCC[C@H]1C1CCCC1. The summed E-state index contributed by atoms with van der Waals surface area (Å²) in [4.78, 5) is 14.4. The first-order chi connectivity index (χ1) is 9.84. The molecule has 3 aliphatic rings. The van der Waals surface area contributed by atoms with E-state index < -0.39 is 0 Å². The molecule has 3 fully saturated rings. The van der Waals surface area contributed by atoms with Crippen LogP contribution in [0.2, 0.25) is 0 Å². The minimum absolute atomic E-state index is 0.192. The molecular formula is C16H27NO3. The van der Waals surface area contributed by atoms with Crippen molar-refractivity contribution in [3.63, 3.8) is 0 Å². The van der Waals surface area contributed by atoms with Crippen molar-refractivity contribution >= 4 is 5.91 Å². The maximum Gasteiger partial charge on any atom is 0.248 e. The lowest BCUT2D eigenvalue weighted by Gasteiger charge is -2.29. The molecule has 4 nitrogen and oxygen atoms in total. The summed E-state index contributed by atoms with van der Waals surface area (Å²) >= 11 is 0. The highest BCUT2D eigenvalue weighted by atomic mass is 16.5. The van der Waals surface area contributed by atoms with Gasteiger partial charge in [0.1, 0.15) is 6.61 Å². The van der Waals surface area contributed by atoms with Crippen molar-refractivity contribution < 1.29 is 14.3 Å². The Balaban J connectivity index is 1.43. The molecule has 0 aromatic rings. The van der Waals surface area contributed by atoms with Crippen molar-refractivity contribution in [2.75, 3.05) is 26.4 Å². The second kappa shape index (κ2) is 6.90. The second-order valence-electron chi connectivity index (χ2n) is 6.49. The van der Waals surface area contributed by atoms with Crippen molar-refractivity contribution in [3.8, 4) is 0 Å². The maximum atomic E-state index is 12.3. The molecule has 0 N–H and O–H groups in total. The smallest absolute Gasteiger partial charge is 0.248 e. The van der Waals surface area contributed by atoms with Crippen LogP contribution in [0.1, 0.15) is 51.4 Å². The van der Waals surface area contributed by atoms with Gasteiger partial charge < -0.3 is 14.4 Å². The Hall–Kier alpha value is -0.610. The lowest BCUT2D eigenvalue weighted by molar-refractivity contribution is -0.139. The van der Waals surface area contributed by atoms with Gasteiger partial charge in [-0.15, -0.1) is 0 Å². The number of rotatable bonds is 5. The zero-order valence-electron chi connectivity index (χ0n) is 12.4. The van der Waals surface area contributed by atoms with Gasteiger partial charge in [0.2, 0.25) is 5.91 Å². The van der Waals surface area contributed by atoms with Crippen molar-refractivity contribution in [2.45, 2.75) is 63.5 Å². The van der Waals surface area contributed by atoms with Gasteiger partial charge in [-0.1, -0.05) is 12.8 Å². The fraction of sp³-hybridized carbons (Fsp3) is 0.938. The number of ether oxygens (including phenoxy) is 2. The lowest BCUT2D eigenvalue weighted by Crippen LogP contribution is -2.41. The Bertz CT molecular complexity index is 322. The van der Waals surface area contributed by atoms with E-state index in [0.717, 1.165) is 31.9 Å². The molecular weight excluding hydrogens is 254 g/mol. The van der Waals surface area contributed by atoms with E-state index in [0.29, 0.717) is 12.6 Å². The van der Waals surface area contributed by atoms with Crippen molar-refractivity contribution in [1.29, 1.82) is 0 Å². The van der Waals surface area contributed by atoms with Crippen LogP contribution in [0.4, 0.5) is 0 Å². The Labute approximate surface area is 121 Å². The van der Waals surface area contributed by atoms with E-state index in [2.05, 4.69) is 4.90 Å². The number of likely N-dealkylation sites (tertiary alicyclic amines) is 1. The quantitative estimate of drug-likeness (QED) is 0.776. The van der Waals surface area contributed by atoms with Crippen LogP contribution < -0.4 is 0 Å². The van der Waals surface area contributed by atoms with Crippen LogP contribution in [0.25, 0.3) is 0 Å².